The molecule has 0 saturated carbocycles. The van der Waals surface area contributed by atoms with Crippen molar-refractivity contribution in [3.63, 3.8) is 0 Å². The first-order valence-electron chi connectivity index (χ1n) is 12.7. The van der Waals surface area contributed by atoms with Crippen LogP contribution in [0.15, 0.2) is 41.4 Å². The van der Waals surface area contributed by atoms with Crippen molar-refractivity contribution in [1.82, 2.24) is 14.9 Å². The van der Waals surface area contributed by atoms with Gasteiger partial charge in [0.15, 0.2) is 5.82 Å². The highest BCUT2D eigenvalue weighted by atomic mass is 35.5. The summed E-state index contributed by atoms with van der Waals surface area (Å²) in [6.45, 7) is 5.07. The Labute approximate surface area is 241 Å². The Morgan fingerprint density at radius 3 is 2.48 bits per heavy atom. The van der Waals surface area contributed by atoms with Gasteiger partial charge in [-0.1, -0.05) is 25.4 Å². The summed E-state index contributed by atoms with van der Waals surface area (Å²) in [5.41, 5.74) is 2.32. The zero-order valence-electron chi connectivity index (χ0n) is 23.5. The first-order chi connectivity index (χ1) is 19.1. The van der Waals surface area contributed by atoms with Crippen LogP contribution in [0.4, 0.5) is 38.9 Å². The molecule has 1 unspecified atom stereocenters. The minimum absolute atomic E-state index is 0.132. The number of carbonyl (C=O) groups is 1. The third-order valence-corrected chi connectivity index (χ3v) is 7.53. The van der Waals surface area contributed by atoms with Crippen molar-refractivity contribution in [2.24, 2.45) is 0 Å². The number of ether oxygens (including phenoxy) is 1. The fourth-order valence-corrected chi connectivity index (χ4v) is 4.72. The van der Waals surface area contributed by atoms with E-state index in [1.54, 1.807) is 27.0 Å². The molecule has 0 bridgehead atoms. The molecule has 3 N–H and O–H groups in total. The Morgan fingerprint density at radius 1 is 1.07 bits per heavy atom. The predicted molar refractivity (Wildman–Crippen MR) is 161 cm³/mol. The predicted octanol–water partition coefficient (Wildman–Crippen LogP) is 5.24. The van der Waals surface area contributed by atoms with Gasteiger partial charge in [-0.2, -0.15) is 4.98 Å². The molecule has 13 heteroatoms. The molecular formula is C27H35ClFN7O3S. The van der Waals surface area contributed by atoms with E-state index in [1.165, 1.54) is 24.4 Å². The number of halogens is 2. The average Bonchev–Trinajstić information content (AvgIpc) is 2.93. The van der Waals surface area contributed by atoms with Crippen molar-refractivity contribution >= 4 is 62.8 Å². The number of benzene rings is 2. The molecule has 40 heavy (non-hydrogen) atoms. The van der Waals surface area contributed by atoms with Crippen LogP contribution in [-0.2, 0) is 15.6 Å². The van der Waals surface area contributed by atoms with Gasteiger partial charge in [-0.25, -0.2) is 9.37 Å². The van der Waals surface area contributed by atoms with Crippen LogP contribution in [0.25, 0.3) is 0 Å². The number of hydrogen-bond acceptors (Lipinski definition) is 9. The van der Waals surface area contributed by atoms with E-state index in [2.05, 4.69) is 30.8 Å². The van der Waals surface area contributed by atoms with E-state index in [9.17, 15) is 13.4 Å². The summed E-state index contributed by atoms with van der Waals surface area (Å²) in [7, 11) is 6.07. The molecule has 0 saturated heterocycles. The Bertz CT molecular complexity index is 1380. The van der Waals surface area contributed by atoms with Crippen molar-refractivity contribution < 1.29 is 18.1 Å². The molecule has 1 atom stereocenters. The Hall–Kier alpha value is -3.48. The van der Waals surface area contributed by atoms with Crippen LogP contribution in [0.1, 0.15) is 20.3 Å². The van der Waals surface area contributed by atoms with E-state index >= 15 is 0 Å². The van der Waals surface area contributed by atoms with Crippen molar-refractivity contribution in [3.8, 4) is 5.75 Å². The molecule has 10 nitrogen and oxygen atoms in total. The van der Waals surface area contributed by atoms with E-state index in [4.69, 9.17) is 16.3 Å². The number of amides is 1. The minimum atomic E-state index is -1.42. The maximum absolute atomic E-state index is 13.9. The number of methoxy groups -OCH3 is 1. The topological polar surface area (TPSA) is 112 Å². The SMILES string of the molecule is CCC(=O)Nc1cc(Nc2ncc(Cl)c(Nc3ccc(F)cc3S(=O)CC)n2)c(OC)cc1N(C)CCN(C)C. The van der Waals surface area contributed by atoms with Crippen molar-refractivity contribution in [2.75, 3.05) is 67.9 Å². The number of nitrogens with zero attached hydrogens (tertiary/aromatic N) is 4. The van der Waals surface area contributed by atoms with Gasteiger partial charge in [-0.3, -0.25) is 9.00 Å². The zero-order valence-corrected chi connectivity index (χ0v) is 25.0. The summed E-state index contributed by atoms with van der Waals surface area (Å²) < 4.78 is 32.0. The first kappa shape index (κ1) is 31.1. The first-order valence-corrected chi connectivity index (χ1v) is 14.4. The number of aromatic nitrogens is 2. The molecule has 0 aliphatic heterocycles. The quantitative estimate of drug-likeness (QED) is 0.246. The Kier molecular flexibility index (Phi) is 11.1. The number of rotatable bonds is 13. The van der Waals surface area contributed by atoms with Gasteiger partial charge in [0.2, 0.25) is 11.9 Å². The van der Waals surface area contributed by atoms with Gasteiger partial charge in [0.05, 0.1) is 51.8 Å². The molecule has 3 aromatic rings. The summed E-state index contributed by atoms with van der Waals surface area (Å²) in [5, 5.41) is 9.36. The molecule has 0 spiro atoms. The lowest BCUT2D eigenvalue weighted by atomic mass is 10.2. The van der Waals surface area contributed by atoms with E-state index in [0.29, 0.717) is 39.9 Å². The maximum Gasteiger partial charge on any atom is 0.229 e. The van der Waals surface area contributed by atoms with Crippen LogP contribution >= 0.6 is 11.6 Å². The molecule has 1 heterocycles. The van der Waals surface area contributed by atoms with Crippen molar-refractivity contribution in [1.29, 1.82) is 0 Å². The smallest absolute Gasteiger partial charge is 0.229 e. The summed E-state index contributed by atoms with van der Waals surface area (Å²) in [6.07, 6.45) is 1.73. The van der Waals surface area contributed by atoms with Gasteiger partial charge in [0.25, 0.3) is 0 Å². The molecule has 216 valence electrons. The van der Waals surface area contributed by atoms with Crippen LogP contribution < -0.4 is 25.6 Å². The van der Waals surface area contributed by atoms with Crippen molar-refractivity contribution in [2.45, 2.75) is 25.2 Å². The summed E-state index contributed by atoms with van der Waals surface area (Å²) in [4.78, 5) is 25.5. The standard InChI is InChI=1S/C27H35ClFN7O3S/c1-7-25(37)31-20-14-21(23(39-6)15-22(20)36(5)12-11-35(3)4)33-27-30-16-18(28)26(34-27)32-19-10-9-17(29)13-24(19)40(38)8-2/h9-10,13-16H,7-8,11-12H2,1-6H3,(H,31,37)(H2,30,32,33,34). The summed E-state index contributed by atoms with van der Waals surface area (Å²) in [6, 6.07) is 7.58. The second-order valence-corrected chi connectivity index (χ2v) is 11.2. The van der Waals surface area contributed by atoms with Crippen LogP contribution in [-0.4, -0.2) is 72.1 Å². The lowest BCUT2D eigenvalue weighted by molar-refractivity contribution is -0.115. The lowest BCUT2D eigenvalue weighted by Gasteiger charge is -2.26. The summed E-state index contributed by atoms with van der Waals surface area (Å²) in [5.74, 6) is 0.623. The monoisotopic (exact) mass is 591 g/mol. The summed E-state index contributed by atoms with van der Waals surface area (Å²) >= 11 is 6.36. The fraction of sp³-hybridized carbons (Fsp3) is 0.370. The van der Waals surface area contributed by atoms with Gasteiger partial charge in [-0.05, 0) is 38.4 Å². The highest BCUT2D eigenvalue weighted by Crippen LogP contribution is 2.38. The third-order valence-electron chi connectivity index (χ3n) is 5.90. The molecule has 0 aliphatic carbocycles. The van der Waals surface area contributed by atoms with E-state index < -0.39 is 16.6 Å². The number of hydrogen-bond donors (Lipinski definition) is 3. The van der Waals surface area contributed by atoms with Crippen LogP contribution in [0.3, 0.4) is 0 Å². The van der Waals surface area contributed by atoms with Gasteiger partial charge < -0.3 is 30.5 Å². The Balaban J connectivity index is 1.98. The van der Waals surface area contributed by atoms with E-state index in [-0.39, 0.29) is 22.7 Å². The normalized spacial score (nSPS) is 11.7. The molecule has 0 fully saturated rings. The number of anilines is 6. The largest absolute Gasteiger partial charge is 0.494 e. The van der Waals surface area contributed by atoms with E-state index in [0.717, 1.165) is 18.8 Å². The van der Waals surface area contributed by atoms with E-state index in [1.807, 2.05) is 32.1 Å². The van der Waals surface area contributed by atoms with Crippen LogP contribution in [0.2, 0.25) is 5.02 Å². The number of carbonyl (C=O) groups excluding carboxylic acids is 1. The molecule has 1 aromatic heterocycles. The molecule has 1 amide bonds. The van der Waals surface area contributed by atoms with Crippen molar-refractivity contribution in [3.05, 3.63) is 47.4 Å². The molecule has 2 aromatic carbocycles. The zero-order chi connectivity index (χ0) is 29.4. The van der Waals surface area contributed by atoms with Gasteiger partial charge >= 0.3 is 0 Å². The minimum Gasteiger partial charge on any atom is -0.494 e. The van der Waals surface area contributed by atoms with Crippen LogP contribution in [0.5, 0.6) is 5.75 Å². The third kappa shape index (κ3) is 8.03. The fourth-order valence-electron chi connectivity index (χ4n) is 3.67. The second kappa shape index (κ2) is 14.2. The van der Waals surface area contributed by atoms with Gasteiger partial charge in [0.1, 0.15) is 16.6 Å². The Morgan fingerprint density at radius 2 is 1.82 bits per heavy atom. The maximum atomic E-state index is 13.9. The number of nitrogens with one attached hydrogen (secondary N) is 3. The molecule has 0 radical (unpaired) electrons. The lowest BCUT2D eigenvalue weighted by Crippen LogP contribution is -2.29. The van der Waals surface area contributed by atoms with Gasteiger partial charge in [0, 0.05) is 38.4 Å². The molecule has 0 aliphatic rings. The number of likely N-dealkylation sites (N-methyl/N-ethyl adjacent to an activating group) is 2. The van der Waals surface area contributed by atoms with Gasteiger partial charge in [-0.15, -0.1) is 0 Å². The highest BCUT2D eigenvalue weighted by molar-refractivity contribution is 7.85. The van der Waals surface area contributed by atoms with Crippen LogP contribution in [0, 0.1) is 5.82 Å². The second-order valence-electron chi connectivity index (χ2n) is 9.11. The highest BCUT2D eigenvalue weighted by Gasteiger charge is 2.18. The molecule has 3 rings (SSSR count). The average molecular weight is 592 g/mol. The molecular weight excluding hydrogens is 557 g/mol.